The van der Waals surface area contributed by atoms with Crippen LogP contribution in [-0.2, 0) is 16.1 Å². The third kappa shape index (κ3) is 11.1. The van der Waals surface area contributed by atoms with Crippen molar-refractivity contribution in [3.8, 4) is 22.5 Å². The van der Waals surface area contributed by atoms with Crippen LogP contribution in [0.3, 0.4) is 0 Å². The van der Waals surface area contributed by atoms with Crippen LogP contribution in [-0.4, -0.2) is 69.1 Å². The third-order valence-corrected chi connectivity index (χ3v) is 5.42. The van der Waals surface area contributed by atoms with E-state index in [2.05, 4.69) is 20.6 Å². The molecule has 0 saturated carbocycles. The number of nitrogens with one attached hydrogen (secondary N) is 1. The molecule has 1 amide bonds. The number of H-pyrrole nitrogens is 1. The van der Waals surface area contributed by atoms with Gasteiger partial charge in [-0.2, -0.15) is 5.21 Å². The van der Waals surface area contributed by atoms with Crippen LogP contribution in [0.15, 0.2) is 48.5 Å². The molecule has 1 heterocycles. The molecular formula is C24H31N7O9. The maximum atomic E-state index is 12.9. The van der Waals surface area contributed by atoms with E-state index in [1.54, 1.807) is 0 Å². The molecule has 216 valence electrons. The van der Waals surface area contributed by atoms with E-state index in [1.807, 2.05) is 69.3 Å². The van der Waals surface area contributed by atoms with Crippen LogP contribution in [0, 0.1) is 26.1 Å². The van der Waals surface area contributed by atoms with Gasteiger partial charge in [-0.25, -0.2) is 4.79 Å². The van der Waals surface area contributed by atoms with E-state index in [4.69, 9.17) is 30.6 Å². The van der Waals surface area contributed by atoms with Gasteiger partial charge in [-0.05, 0) is 34.2 Å². The van der Waals surface area contributed by atoms with Crippen molar-refractivity contribution in [3.05, 3.63) is 74.3 Å². The second-order valence-electron chi connectivity index (χ2n) is 8.61. The second-order valence-corrected chi connectivity index (χ2v) is 8.61. The van der Waals surface area contributed by atoms with Crippen molar-refractivity contribution in [2.24, 2.45) is 5.92 Å². The van der Waals surface area contributed by atoms with Gasteiger partial charge in [0.1, 0.15) is 6.04 Å². The van der Waals surface area contributed by atoms with E-state index in [1.165, 1.54) is 4.90 Å². The Bertz CT molecular complexity index is 1220. The molecule has 0 radical (unpaired) electrons. The Morgan fingerprint density at radius 1 is 1.00 bits per heavy atom. The van der Waals surface area contributed by atoms with Crippen LogP contribution in [0.4, 0.5) is 0 Å². The van der Waals surface area contributed by atoms with Gasteiger partial charge in [0.25, 0.3) is 10.2 Å². The Kier molecular flexibility index (Phi) is 13.7. The zero-order valence-electron chi connectivity index (χ0n) is 22.1. The van der Waals surface area contributed by atoms with Gasteiger partial charge >= 0.3 is 5.97 Å². The van der Waals surface area contributed by atoms with Gasteiger partial charge < -0.3 is 20.4 Å². The summed E-state index contributed by atoms with van der Waals surface area (Å²) in [5, 5.41) is 51.3. The van der Waals surface area contributed by atoms with Gasteiger partial charge in [0.05, 0.1) is 0 Å². The minimum absolute atomic E-state index is 0.125. The number of hydrogen-bond acceptors (Lipinski definition) is 9. The predicted octanol–water partition coefficient (Wildman–Crippen LogP) is 3.47. The number of carboxylic acid groups (broad SMARTS) is 1. The molecule has 3 rings (SSSR count). The van der Waals surface area contributed by atoms with Crippen molar-refractivity contribution in [1.82, 2.24) is 25.5 Å². The molecule has 16 nitrogen and oxygen atoms in total. The molecule has 0 spiro atoms. The number of aliphatic carboxylic acids is 1. The van der Waals surface area contributed by atoms with Gasteiger partial charge in [-0.1, -0.05) is 75.7 Å². The van der Waals surface area contributed by atoms with Crippen LogP contribution >= 0.6 is 0 Å². The zero-order valence-corrected chi connectivity index (χ0v) is 22.1. The number of nitrogens with zero attached hydrogens (tertiary/aromatic N) is 6. The summed E-state index contributed by atoms with van der Waals surface area (Å²) >= 11 is 0. The molecule has 1 atom stereocenters. The molecule has 0 aliphatic heterocycles. The number of unbranched alkanes of at least 4 members (excludes halogenated alkanes) is 1. The largest absolute Gasteiger partial charge is 0.480 e. The molecule has 0 fully saturated rings. The quantitative estimate of drug-likeness (QED) is 0.205. The van der Waals surface area contributed by atoms with Crippen molar-refractivity contribution in [2.75, 3.05) is 0 Å². The molecule has 40 heavy (non-hydrogen) atoms. The highest BCUT2D eigenvalue weighted by Gasteiger charge is 2.32. The number of benzene rings is 2. The summed E-state index contributed by atoms with van der Waals surface area (Å²) < 4.78 is 0. The monoisotopic (exact) mass is 561 g/mol. The molecule has 16 heteroatoms. The van der Waals surface area contributed by atoms with E-state index in [0.717, 1.165) is 35.1 Å². The summed E-state index contributed by atoms with van der Waals surface area (Å²) in [6.45, 7) is 5.93. The molecule has 1 aromatic heterocycles. The first kappa shape index (κ1) is 32.9. The average Bonchev–Trinajstić information content (AvgIpc) is 3.41. The summed E-state index contributed by atoms with van der Waals surface area (Å²) in [5.41, 5.74) is 3.66. The zero-order chi connectivity index (χ0) is 30.2. The number of rotatable bonds is 10. The van der Waals surface area contributed by atoms with Crippen molar-refractivity contribution in [3.63, 3.8) is 0 Å². The lowest BCUT2D eigenvalue weighted by molar-refractivity contribution is -0.742. The first-order chi connectivity index (χ1) is 18.9. The normalized spacial score (nSPS) is 10.8. The van der Waals surface area contributed by atoms with Gasteiger partial charge in [0.15, 0.2) is 0 Å². The molecule has 0 aliphatic carbocycles. The summed E-state index contributed by atoms with van der Waals surface area (Å²) in [4.78, 5) is 43.0. The lowest BCUT2D eigenvalue weighted by atomic mass is 9.97. The first-order valence-electron chi connectivity index (χ1n) is 12.0. The summed E-state index contributed by atoms with van der Waals surface area (Å²) in [6.07, 6.45) is 1.97. The second kappa shape index (κ2) is 16.6. The maximum absolute atomic E-state index is 12.9. The number of aromatic nitrogens is 4. The van der Waals surface area contributed by atoms with E-state index < -0.39 is 22.2 Å². The number of aromatic amines is 1. The lowest BCUT2D eigenvalue weighted by Crippen LogP contribution is -2.47. The number of carbonyl (C=O) groups is 2. The standard InChI is InChI=1S/C24H29N5O3.2HNO3/c1-4-5-10-21(30)29(22(16(2)3)24(31)32)15-17-11-13-18(14-12-17)19-8-6-7-9-20(19)23-25-27-28-26-23;2*2-1(3)4/h6-9,11-14,16,22H,4-5,10,15H2,1-3H3,(H,31,32)(H,25,26,27,28);2*(H,2,3,4)/t22-;;/m0../s1. The van der Waals surface area contributed by atoms with Crippen molar-refractivity contribution >= 4 is 11.9 Å². The van der Waals surface area contributed by atoms with Gasteiger partial charge in [0, 0.05) is 18.5 Å². The Balaban J connectivity index is 0.000000883. The average molecular weight is 562 g/mol. The first-order valence-corrected chi connectivity index (χ1v) is 12.0. The molecule has 0 bridgehead atoms. The van der Waals surface area contributed by atoms with Crippen LogP contribution in [0.25, 0.3) is 22.5 Å². The summed E-state index contributed by atoms with van der Waals surface area (Å²) in [5.74, 6) is -0.784. The van der Waals surface area contributed by atoms with Crippen LogP contribution in [0.2, 0.25) is 0 Å². The van der Waals surface area contributed by atoms with Crippen molar-refractivity contribution < 1.29 is 35.3 Å². The minimum Gasteiger partial charge on any atom is -0.480 e. The highest BCUT2D eigenvalue weighted by atomic mass is 16.9. The van der Waals surface area contributed by atoms with Crippen molar-refractivity contribution in [2.45, 2.75) is 52.6 Å². The molecular weight excluding hydrogens is 530 g/mol. The van der Waals surface area contributed by atoms with E-state index in [9.17, 15) is 14.7 Å². The minimum atomic E-state index is -1.50. The Morgan fingerprint density at radius 3 is 2.00 bits per heavy atom. The number of hydrogen-bond donors (Lipinski definition) is 4. The van der Waals surface area contributed by atoms with Gasteiger partial charge in [-0.15, -0.1) is 30.4 Å². The molecule has 0 aliphatic rings. The number of tetrazole rings is 1. The van der Waals surface area contributed by atoms with Crippen LogP contribution in [0.1, 0.15) is 45.6 Å². The third-order valence-electron chi connectivity index (χ3n) is 5.42. The topological polar surface area (TPSA) is 239 Å². The SMILES string of the molecule is CCCCC(=O)N(Cc1ccc(-c2ccccc2-c2nn[nH]n2)cc1)[C@H](C(=O)O)C(C)C.O=[N+]([O-])O.O=[N+]([O-])O. The predicted molar refractivity (Wildman–Crippen MR) is 139 cm³/mol. The van der Waals surface area contributed by atoms with E-state index in [-0.39, 0.29) is 18.4 Å². The summed E-state index contributed by atoms with van der Waals surface area (Å²) in [6, 6.07) is 14.7. The smallest absolute Gasteiger partial charge is 0.326 e. The molecule has 0 unspecified atom stereocenters. The maximum Gasteiger partial charge on any atom is 0.326 e. The van der Waals surface area contributed by atoms with Crippen molar-refractivity contribution in [1.29, 1.82) is 0 Å². The van der Waals surface area contributed by atoms with E-state index in [0.29, 0.717) is 12.2 Å². The fourth-order valence-corrected chi connectivity index (χ4v) is 3.78. The molecule has 4 N–H and O–H groups in total. The fraction of sp³-hybridized carbons (Fsp3) is 0.375. The molecule has 3 aromatic rings. The van der Waals surface area contributed by atoms with Gasteiger partial charge in [-0.3, -0.25) is 4.79 Å². The number of carboxylic acids is 1. The van der Waals surface area contributed by atoms with E-state index >= 15 is 0 Å². The molecule has 0 saturated heterocycles. The fourth-order valence-electron chi connectivity index (χ4n) is 3.78. The number of amides is 1. The Hall–Kier alpha value is -5.15. The van der Waals surface area contributed by atoms with Crippen LogP contribution in [0.5, 0.6) is 0 Å². The van der Waals surface area contributed by atoms with Gasteiger partial charge in [0.2, 0.25) is 11.7 Å². The Labute approximate surface area is 228 Å². The highest BCUT2D eigenvalue weighted by molar-refractivity contribution is 5.84. The number of carbonyl (C=O) groups excluding carboxylic acids is 1. The van der Waals surface area contributed by atoms with Crippen LogP contribution < -0.4 is 0 Å². The highest BCUT2D eigenvalue weighted by Crippen LogP contribution is 2.30. The molecule has 2 aromatic carbocycles. The Morgan fingerprint density at radius 2 is 1.55 bits per heavy atom. The summed E-state index contributed by atoms with van der Waals surface area (Å²) in [7, 11) is 0. The lowest BCUT2D eigenvalue weighted by Gasteiger charge is -2.32.